The maximum Gasteiger partial charge on any atom is 0.415 e. The van der Waals surface area contributed by atoms with Crippen LogP contribution in [0.25, 0.3) is 5.69 Å². The van der Waals surface area contributed by atoms with Crippen LogP contribution in [-0.4, -0.2) is 70.2 Å². The third-order valence-electron chi connectivity index (χ3n) is 6.05. The first-order valence-corrected chi connectivity index (χ1v) is 13.8. The Kier molecular flexibility index (Phi) is 7.94. The second-order valence-electron chi connectivity index (χ2n) is 8.65. The van der Waals surface area contributed by atoms with Gasteiger partial charge in [0.2, 0.25) is 5.16 Å². The molecule has 38 heavy (non-hydrogen) atoms. The van der Waals surface area contributed by atoms with E-state index in [4.69, 9.17) is 9.84 Å². The van der Waals surface area contributed by atoms with Crippen molar-refractivity contribution in [1.29, 1.82) is 0 Å². The van der Waals surface area contributed by atoms with Gasteiger partial charge in [-0.15, -0.1) is 5.10 Å². The van der Waals surface area contributed by atoms with Gasteiger partial charge in [0.05, 0.1) is 11.3 Å². The third-order valence-corrected chi connectivity index (χ3v) is 8.44. The maximum atomic E-state index is 12.7. The summed E-state index contributed by atoms with van der Waals surface area (Å²) in [6, 6.07) is 13.9. The summed E-state index contributed by atoms with van der Waals surface area (Å²) in [5, 5.41) is 22.9. The van der Waals surface area contributed by atoms with Crippen molar-refractivity contribution in [1.82, 2.24) is 34.7 Å². The molecule has 3 heterocycles. The minimum Gasteiger partial charge on any atom is -0.478 e. The number of carboxylic acid groups (broad SMARTS) is 1. The molecule has 11 nitrogen and oxygen atoms in total. The number of hydrogen-bond donors (Lipinski definition) is 1. The van der Waals surface area contributed by atoms with Crippen LogP contribution in [0.1, 0.15) is 28.8 Å². The average molecular weight is 552 g/mol. The normalized spacial score (nSPS) is 14.0. The number of tetrazole rings is 1. The molecule has 0 bridgehead atoms. The molecule has 1 aliphatic rings. The molecule has 1 N–H and O–H groups in total. The SMILES string of the molecule is Cn1ccnc1SCc1ccc(OC(=O)N2CCC(Sc3nnnn3-c3ccc(C(=O)O)cc3)CC2)cc1. The first kappa shape index (κ1) is 25.8. The zero-order valence-corrected chi connectivity index (χ0v) is 22.1. The van der Waals surface area contributed by atoms with Crippen LogP contribution in [0, 0.1) is 0 Å². The number of hydrogen-bond acceptors (Lipinski definition) is 9. The first-order chi connectivity index (χ1) is 18.5. The topological polar surface area (TPSA) is 128 Å². The molecule has 196 valence electrons. The maximum absolute atomic E-state index is 12.7. The molecule has 0 aliphatic carbocycles. The summed E-state index contributed by atoms with van der Waals surface area (Å²) >= 11 is 3.20. The number of likely N-dealkylation sites (tertiary alicyclic amines) is 1. The van der Waals surface area contributed by atoms with E-state index in [1.54, 1.807) is 51.4 Å². The van der Waals surface area contributed by atoms with Gasteiger partial charge in [0.1, 0.15) is 5.75 Å². The van der Waals surface area contributed by atoms with Crippen molar-refractivity contribution in [3.63, 3.8) is 0 Å². The highest BCUT2D eigenvalue weighted by atomic mass is 32.2. The molecule has 0 radical (unpaired) electrons. The van der Waals surface area contributed by atoms with Gasteiger partial charge in [-0.3, -0.25) is 0 Å². The van der Waals surface area contributed by atoms with E-state index in [-0.39, 0.29) is 16.9 Å². The predicted molar refractivity (Wildman–Crippen MR) is 142 cm³/mol. The number of benzene rings is 2. The highest BCUT2D eigenvalue weighted by molar-refractivity contribution is 7.99. The molecule has 1 saturated heterocycles. The van der Waals surface area contributed by atoms with Crippen molar-refractivity contribution in [2.75, 3.05) is 13.1 Å². The fourth-order valence-electron chi connectivity index (χ4n) is 3.92. The van der Waals surface area contributed by atoms with E-state index in [1.807, 2.05) is 42.1 Å². The molecule has 2 aromatic heterocycles. The van der Waals surface area contributed by atoms with Crippen molar-refractivity contribution in [3.8, 4) is 11.4 Å². The Morgan fingerprint density at radius 1 is 1.05 bits per heavy atom. The zero-order valence-electron chi connectivity index (χ0n) is 20.5. The monoisotopic (exact) mass is 551 g/mol. The number of carbonyl (C=O) groups is 2. The number of rotatable bonds is 8. The van der Waals surface area contributed by atoms with Gasteiger partial charge in [0.25, 0.3) is 0 Å². The minimum absolute atomic E-state index is 0.200. The first-order valence-electron chi connectivity index (χ1n) is 11.9. The summed E-state index contributed by atoms with van der Waals surface area (Å²) < 4.78 is 9.17. The summed E-state index contributed by atoms with van der Waals surface area (Å²) in [4.78, 5) is 29.8. The molecule has 1 amide bonds. The number of carboxylic acids is 1. The van der Waals surface area contributed by atoms with E-state index in [9.17, 15) is 9.59 Å². The number of aromatic carboxylic acids is 1. The molecule has 0 spiro atoms. The minimum atomic E-state index is -0.985. The number of amides is 1. The van der Waals surface area contributed by atoms with Crippen molar-refractivity contribution in [2.24, 2.45) is 7.05 Å². The molecule has 2 aromatic carbocycles. The quantitative estimate of drug-likeness (QED) is 0.319. The van der Waals surface area contributed by atoms with Gasteiger partial charge in [0.15, 0.2) is 5.16 Å². The van der Waals surface area contributed by atoms with Crippen LogP contribution >= 0.6 is 23.5 Å². The van der Waals surface area contributed by atoms with Crippen LogP contribution in [0.3, 0.4) is 0 Å². The van der Waals surface area contributed by atoms with Gasteiger partial charge in [-0.1, -0.05) is 35.7 Å². The molecule has 0 unspecified atom stereocenters. The smallest absolute Gasteiger partial charge is 0.415 e. The highest BCUT2D eigenvalue weighted by Gasteiger charge is 2.26. The van der Waals surface area contributed by atoms with Crippen molar-refractivity contribution in [2.45, 2.75) is 34.2 Å². The van der Waals surface area contributed by atoms with Crippen molar-refractivity contribution in [3.05, 3.63) is 72.1 Å². The summed E-state index contributed by atoms with van der Waals surface area (Å²) in [5.74, 6) is 0.312. The van der Waals surface area contributed by atoms with E-state index in [1.165, 1.54) is 12.1 Å². The van der Waals surface area contributed by atoms with Crippen LogP contribution in [-0.2, 0) is 12.8 Å². The summed E-state index contributed by atoms with van der Waals surface area (Å²) in [6.45, 7) is 1.15. The van der Waals surface area contributed by atoms with Gasteiger partial charge in [-0.2, -0.15) is 4.68 Å². The van der Waals surface area contributed by atoms with E-state index in [2.05, 4.69) is 20.5 Å². The van der Waals surface area contributed by atoms with Crippen LogP contribution in [0.4, 0.5) is 4.79 Å². The third kappa shape index (κ3) is 6.17. The lowest BCUT2D eigenvalue weighted by atomic mass is 10.1. The lowest BCUT2D eigenvalue weighted by Gasteiger charge is -2.30. The Bertz CT molecular complexity index is 1400. The van der Waals surface area contributed by atoms with Crippen LogP contribution < -0.4 is 4.74 Å². The second-order valence-corrected chi connectivity index (χ2v) is 10.9. The molecule has 0 saturated carbocycles. The fourth-order valence-corrected chi connectivity index (χ4v) is 5.88. The number of aryl methyl sites for hydroxylation is 1. The Labute approximate surface area is 227 Å². The highest BCUT2D eigenvalue weighted by Crippen LogP contribution is 2.30. The number of ether oxygens (including phenoxy) is 1. The average Bonchev–Trinajstić information content (AvgIpc) is 3.57. The Hall–Kier alpha value is -3.84. The second kappa shape index (κ2) is 11.7. The van der Waals surface area contributed by atoms with Crippen LogP contribution in [0.15, 0.2) is 71.2 Å². The molecule has 13 heteroatoms. The Morgan fingerprint density at radius 2 is 1.79 bits per heavy atom. The van der Waals surface area contributed by atoms with E-state index in [0.717, 1.165) is 29.3 Å². The summed E-state index contributed by atoms with van der Waals surface area (Å²) in [6.07, 6.45) is 4.88. The standard InChI is InChI=1S/C25H25N7O4S2/c1-30-15-12-26-23(30)37-16-17-2-8-20(9-3-17)36-25(35)31-13-10-21(11-14-31)38-24-27-28-29-32(24)19-6-4-18(5-7-19)22(33)34/h2-9,12,15,21H,10-11,13-14,16H2,1H3,(H,33,34). The van der Waals surface area contributed by atoms with Crippen molar-refractivity contribution < 1.29 is 19.4 Å². The van der Waals surface area contributed by atoms with Crippen molar-refractivity contribution >= 4 is 35.6 Å². The van der Waals surface area contributed by atoms with E-state index >= 15 is 0 Å². The molecular formula is C25H25N7O4S2. The molecule has 4 aromatic rings. The van der Waals surface area contributed by atoms with Crippen LogP contribution in [0.2, 0.25) is 0 Å². The number of aromatic nitrogens is 6. The largest absolute Gasteiger partial charge is 0.478 e. The van der Waals surface area contributed by atoms with E-state index in [0.29, 0.717) is 29.7 Å². The lowest BCUT2D eigenvalue weighted by molar-refractivity contribution is 0.0696. The zero-order chi connectivity index (χ0) is 26.5. The number of nitrogens with zero attached hydrogens (tertiary/aromatic N) is 7. The summed E-state index contributed by atoms with van der Waals surface area (Å²) in [5.41, 5.74) is 2.01. The predicted octanol–water partition coefficient (Wildman–Crippen LogP) is 4.14. The summed E-state index contributed by atoms with van der Waals surface area (Å²) in [7, 11) is 1.97. The van der Waals surface area contributed by atoms with E-state index < -0.39 is 5.97 Å². The van der Waals surface area contributed by atoms with Gasteiger partial charge in [-0.05, 0) is 65.2 Å². The molecule has 1 aliphatic heterocycles. The lowest BCUT2D eigenvalue weighted by Crippen LogP contribution is -2.41. The van der Waals surface area contributed by atoms with Gasteiger partial charge >= 0.3 is 12.1 Å². The molecule has 5 rings (SSSR count). The molecule has 1 fully saturated rings. The fraction of sp³-hybridized carbons (Fsp3) is 0.280. The van der Waals surface area contributed by atoms with Crippen LogP contribution in [0.5, 0.6) is 5.75 Å². The van der Waals surface area contributed by atoms with Gasteiger partial charge in [-0.25, -0.2) is 14.6 Å². The molecule has 0 atom stereocenters. The van der Waals surface area contributed by atoms with Gasteiger partial charge in [0, 0.05) is 43.5 Å². The van der Waals surface area contributed by atoms with Gasteiger partial charge < -0.3 is 19.3 Å². The number of thioether (sulfide) groups is 2. The number of carbonyl (C=O) groups excluding carboxylic acids is 1. The number of imidazole rings is 1. The Morgan fingerprint density at radius 3 is 2.45 bits per heavy atom. The molecular weight excluding hydrogens is 526 g/mol. The number of piperidine rings is 1. The Balaban J connectivity index is 1.10.